The van der Waals surface area contributed by atoms with Gasteiger partial charge in [0.1, 0.15) is 16.4 Å². The highest BCUT2D eigenvalue weighted by Crippen LogP contribution is 2.35. The zero-order valence-electron chi connectivity index (χ0n) is 12.2. The van der Waals surface area contributed by atoms with Crippen molar-refractivity contribution < 1.29 is 17.9 Å². The fourth-order valence-electron chi connectivity index (χ4n) is 2.55. The van der Waals surface area contributed by atoms with Gasteiger partial charge in [-0.05, 0) is 12.8 Å². The first-order chi connectivity index (χ1) is 9.97. The molecule has 0 bridgehead atoms. The second-order valence-corrected chi connectivity index (χ2v) is 7.18. The first-order valence-electron chi connectivity index (χ1n) is 6.92. The lowest BCUT2D eigenvalue weighted by molar-refractivity contribution is 0.388. The summed E-state index contributed by atoms with van der Waals surface area (Å²) in [5, 5.41) is 0.311. The topological polar surface area (TPSA) is 64.6 Å². The molecule has 0 saturated heterocycles. The molecule has 1 fully saturated rings. The van der Waals surface area contributed by atoms with E-state index in [9.17, 15) is 8.42 Å². The summed E-state index contributed by atoms with van der Waals surface area (Å²) < 4.78 is 38.1. The number of benzene rings is 1. The number of hydrogen-bond donors (Lipinski definition) is 1. The highest BCUT2D eigenvalue weighted by atomic mass is 35.5. The predicted octanol–water partition coefficient (Wildman–Crippen LogP) is 2.97. The minimum Gasteiger partial charge on any atom is -0.495 e. The van der Waals surface area contributed by atoms with E-state index in [2.05, 4.69) is 4.72 Å². The normalized spacial score (nSPS) is 16.7. The Kier molecular flexibility index (Phi) is 5.35. The molecule has 21 heavy (non-hydrogen) atoms. The molecule has 1 saturated carbocycles. The van der Waals surface area contributed by atoms with Crippen LogP contribution in [0.1, 0.15) is 32.1 Å². The third-order valence-electron chi connectivity index (χ3n) is 3.65. The van der Waals surface area contributed by atoms with E-state index in [1.54, 1.807) is 0 Å². The third kappa shape index (κ3) is 3.81. The zero-order chi connectivity index (χ0) is 15.5. The van der Waals surface area contributed by atoms with E-state index in [1.165, 1.54) is 26.4 Å². The highest BCUT2D eigenvalue weighted by Gasteiger charge is 2.26. The van der Waals surface area contributed by atoms with Crippen molar-refractivity contribution in [1.82, 2.24) is 4.72 Å². The van der Waals surface area contributed by atoms with Crippen LogP contribution in [0.25, 0.3) is 0 Å². The largest absolute Gasteiger partial charge is 0.495 e. The van der Waals surface area contributed by atoms with Gasteiger partial charge in [-0.25, -0.2) is 13.1 Å². The Hall–Kier alpha value is -0.980. The average Bonchev–Trinajstić information content (AvgIpc) is 2.47. The van der Waals surface area contributed by atoms with E-state index in [0.717, 1.165) is 32.1 Å². The van der Waals surface area contributed by atoms with Crippen molar-refractivity contribution >= 4 is 21.6 Å². The molecule has 1 aliphatic rings. The van der Waals surface area contributed by atoms with Crippen molar-refractivity contribution in [3.8, 4) is 11.5 Å². The van der Waals surface area contributed by atoms with Crippen LogP contribution in [0.5, 0.6) is 11.5 Å². The standard InChI is InChI=1S/C14H20ClNO4S/c1-19-12-9-14(13(20-2)8-11(12)15)21(17,18)16-10-6-4-3-5-7-10/h8-10,16H,3-7H2,1-2H3. The van der Waals surface area contributed by atoms with E-state index in [1.807, 2.05) is 0 Å². The monoisotopic (exact) mass is 333 g/mol. The molecule has 1 N–H and O–H groups in total. The van der Waals surface area contributed by atoms with Crippen molar-refractivity contribution in [2.75, 3.05) is 14.2 Å². The lowest BCUT2D eigenvalue weighted by Gasteiger charge is -2.23. The molecular formula is C14H20ClNO4S. The maximum absolute atomic E-state index is 12.6. The Labute approximate surface area is 130 Å². The minimum absolute atomic E-state index is 0.0184. The molecule has 0 heterocycles. The van der Waals surface area contributed by atoms with Gasteiger partial charge in [0, 0.05) is 18.2 Å². The summed E-state index contributed by atoms with van der Waals surface area (Å²) in [7, 11) is -0.808. The summed E-state index contributed by atoms with van der Waals surface area (Å²) in [6.45, 7) is 0. The van der Waals surface area contributed by atoms with Crippen LogP contribution < -0.4 is 14.2 Å². The molecule has 0 atom stereocenters. The number of halogens is 1. The van der Waals surface area contributed by atoms with Gasteiger partial charge in [-0.2, -0.15) is 0 Å². The van der Waals surface area contributed by atoms with Crippen molar-refractivity contribution in [2.24, 2.45) is 0 Å². The lowest BCUT2D eigenvalue weighted by atomic mass is 9.96. The maximum atomic E-state index is 12.6. The minimum atomic E-state index is -3.67. The lowest BCUT2D eigenvalue weighted by Crippen LogP contribution is -2.36. The first kappa shape index (κ1) is 16.4. The van der Waals surface area contributed by atoms with Crippen molar-refractivity contribution in [3.05, 3.63) is 17.2 Å². The zero-order valence-corrected chi connectivity index (χ0v) is 13.8. The molecular weight excluding hydrogens is 314 g/mol. The van der Waals surface area contributed by atoms with Crippen LogP contribution in [0.2, 0.25) is 5.02 Å². The molecule has 0 spiro atoms. The Morgan fingerprint density at radius 2 is 1.71 bits per heavy atom. The summed E-state index contributed by atoms with van der Waals surface area (Å²) >= 11 is 6.00. The van der Waals surface area contributed by atoms with Gasteiger partial charge in [0.2, 0.25) is 10.0 Å². The molecule has 1 aromatic carbocycles. The van der Waals surface area contributed by atoms with Crippen LogP contribution in [0, 0.1) is 0 Å². The number of nitrogens with one attached hydrogen (secondary N) is 1. The molecule has 0 unspecified atom stereocenters. The smallest absolute Gasteiger partial charge is 0.244 e. The summed E-state index contributed by atoms with van der Waals surface area (Å²) in [6.07, 6.45) is 5.00. The molecule has 1 aromatic rings. The fourth-order valence-corrected chi connectivity index (χ4v) is 4.25. The Morgan fingerprint density at radius 3 is 2.29 bits per heavy atom. The molecule has 2 rings (SSSR count). The van der Waals surface area contributed by atoms with Crippen LogP contribution in [-0.2, 0) is 10.0 Å². The van der Waals surface area contributed by atoms with Gasteiger partial charge in [0.15, 0.2) is 0 Å². The van der Waals surface area contributed by atoms with Gasteiger partial charge in [-0.15, -0.1) is 0 Å². The maximum Gasteiger partial charge on any atom is 0.244 e. The van der Waals surface area contributed by atoms with Gasteiger partial charge >= 0.3 is 0 Å². The van der Waals surface area contributed by atoms with Crippen molar-refractivity contribution in [1.29, 1.82) is 0 Å². The van der Waals surface area contributed by atoms with Gasteiger partial charge in [-0.3, -0.25) is 0 Å². The number of hydrogen-bond acceptors (Lipinski definition) is 4. The van der Waals surface area contributed by atoms with E-state index in [0.29, 0.717) is 10.8 Å². The van der Waals surface area contributed by atoms with Gasteiger partial charge in [0.25, 0.3) is 0 Å². The van der Waals surface area contributed by atoms with Crippen LogP contribution in [-0.4, -0.2) is 28.7 Å². The predicted molar refractivity (Wildman–Crippen MR) is 81.8 cm³/mol. The summed E-state index contributed by atoms with van der Waals surface area (Å²) in [5.41, 5.74) is 0. The fraction of sp³-hybridized carbons (Fsp3) is 0.571. The van der Waals surface area contributed by atoms with E-state index in [-0.39, 0.29) is 16.7 Å². The Balaban J connectivity index is 2.33. The van der Waals surface area contributed by atoms with E-state index < -0.39 is 10.0 Å². The third-order valence-corrected chi connectivity index (χ3v) is 5.49. The Bertz CT molecular complexity index is 597. The van der Waals surface area contributed by atoms with Crippen molar-refractivity contribution in [2.45, 2.75) is 43.0 Å². The second kappa shape index (κ2) is 6.85. The number of methoxy groups -OCH3 is 2. The molecule has 0 amide bonds. The molecule has 5 nitrogen and oxygen atoms in total. The van der Waals surface area contributed by atoms with E-state index >= 15 is 0 Å². The van der Waals surface area contributed by atoms with Crippen molar-refractivity contribution in [3.63, 3.8) is 0 Å². The average molecular weight is 334 g/mol. The van der Waals surface area contributed by atoms with E-state index in [4.69, 9.17) is 21.1 Å². The van der Waals surface area contributed by atoms with Gasteiger partial charge in [0.05, 0.1) is 19.2 Å². The molecule has 7 heteroatoms. The van der Waals surface area contributed by atoms with Crippen LogP contribution >= 0.6 is 11.6 Å². The van der Waals surface area contributed by atoms with Crippen LogP contribution in [0.3, 0.4) is 0 Å². The van der Waals surface area contributed by atoms with Crippen LogP contribution in [0.4, 0.5) is 0 Å². The number of ether oxygens (including phenoxy) is 2. The SMILES string of the molecule is COc1cc(S(=O)(=O)NC2CCCCC2)c(OC)cc1Cl. The number of rotatable bonds is 5. The van der Waals surface area contributed by atoms with Crippen LogP contribution in [0.15, 0.2) is 17.0 Å². The number of sulfonamides is 1. The van der Waals surface area contributed by atoms with Gasteiger partial charge < -0.3 is 9.47 Å². The molecule has 0 radical (unpaired) electrons. The second-order valence-electron chi connectivity index (χ2n) is 5.09. The summed E-state index contributed by atoms with van der Waals surface area (Å²) in [5.74, 6) is 0.519. The highest BCUT2D eigenvalue weighted by molar-refractivity contribution is 7.89. The molecule has 1 aliphatic carbocycles. The molecule has 0 aliphatic heterocycles. The van der Waals surface area contributed by atoms with Gasteiger partial charge in [-0.1, -0.05) is 30.9 Å². The molecule has 0 aromatic heterocycles. The molecule has 118 valence electrons. The Morgan fingerprint density at radius 1 is 1.10 bits per heavy atom. The first-order valence-corrected chi connectivity index (χ1v) is 8.78. The summed E-state index contributed by atoms with van der Waals surface area (Å²) in [4.78, 5) is 0.0526. The quantitative estimate of drug-likeness (QED) is 0.899. The summed E-state index contributed by atoms with van der Waals surface area (Å²) in [6, 6.07) is 2.83.